The van der Waals surface area contributed by atoms with Crippen molar-refractivity contribution in [2.75, 3.05) is 26.7 Å². The van der Waals surface area contributed by atoms with Crippen LogP contribution in [0.15, 0.2) is 42.5 Å². The highest BCUT2D eigenvalue weighted by Crippen LogP contribution is 2.29. The van der Waals surface area contributed by atoms with Crippen LogP contribution in [0.4, 0.5) is 0 Å². The van der Waals surface area contributed by atoms with Gasteiger partial charge < -0.3 is 9.80 Å². The SMILES string of the molecule is Cc1ccc(Cl)c(-c2ccc(C(=O)N3CCN(C)C(=O)C3)cc2)c1. The van der Waals surface area contributed by atoms with Crippen LogP contribution in [-0.2, 0) is 4.79 Å². The Balaban J connectivity index is 1.80. The summed E-state index contributed by atoms with van der Waals surface area (Å²) in [6, 6.07) is 13.2. The fourth-order valence-electron chi connectivity index (χ4n) is 2.77. The maximum atomic E-state index is 12.5. The number of likely N-dealkylation sites (N-methyl/N-ethyl adjacent to an activating group) is 1. The summed E-state index contributed by atoms with van der Waals surface area (Å²) >= 11 is 6.27. The van der Waals surface area contributed by atoms with Crippen molar-refractivity contribution in [1.29, 1.82) is 0 Å². The van der Waals surface area contributed by atoms with Crippen LogP contribution >= 0.6 is 11.6 Å². The molecular weight excluding hydrogens is 324 g/mol. The summed E-state index contributed by atoms with van der Waals surface area (Å²) in [6.45, 7) is 3.29. The first kappa shape index (κ1) is 16.5. The molecule has 0 radical (unpaired) electrons. The van der Waals surface area contributed by atoms with E-state index >= 15 is 0 Å². The van der Waals surface area contributed by atoms with Crippen molar-refractivity contribution < 1.29 is 9.59 Å². The lowest BCUT2D eigenvalue weighted by molar-refractivity contribution is -0.133. The van der Waals surface area contributed by atoms with E-state index < -0.39 is 0 Å². The molecule has 3 rings (SSSR count). The standard InChI is InChI=1S/C19H19ClN2O2/c1-13-3-8-17(20)16(11-13)14-4-6-15(7-5-14)19(24)22-10-9-21(2)18(23)12-22/h3-8,11H,9-10,12H2,1-2H3. The zero-order chi connectivity index (χ0) is 17.3. The highest BCUT2D eigenvalue weighted by atomic mass is 35.5. The second-order valence-electron chi connectivity index (χ2n) is 6.10. The number of carbonyl (C=O) groups is 2. The number of halogens is 1. The third-order valence-electron chi connectivity index (χ3n) is 4.31. The molecule has 2 amide bonds. The maximum Gasteiger partial charge on any atom is 0.254 e. The molecule has 0 aliphatic carbocycles. The minimum absolute atomic E-state index is 0.0298. The molecule has 0 spiro atoms. The first-order valence-corrected chi connectivity index (χ1v) is 8.23. The number of benzene rings is 2. The minimum atomic E-state index is -0.113. The number of carbonyl (C=O) groups excluding carboxylic acids is 2. The van der Waals surface area contributed by atoms with E-state index in [1.54, 1.807) is 29.0 Å². The summed E-state index contributed by atoms with van der Waals surface area (Å²) in [5, 5.41) is 0.685. The van der Waals surface area contributed by atoms with Crippen molar-refractivity contribution in [3.8, 4) is 11.1 Å². The number of amides is 2. The van der Waals surface area contributed by atoms with E-state index in [2.05, 4.69) is 0 Å². The Kier molecular flexibility index (Phi) is 4.58. The zero-order valence-electron chi connectivity index (χ0n) is 13.8. The normalized spacial score (nSPS) is 14.9. The molecular formula is C19H19ClN2O2. The summed E-state index contributed by atoms with van der Waals surface area (Å²) in [7, 11) is 1.75. The molecule has 5 heteroatoms. The Morgan fingerprint density at radius 1 is 1.08 bits per heavy atom. The molecule has 0 aromatic heterocycles. The molecule has 24 heavy (non-hydrogen) atoms. The van der Waals surface area contributed by atoms with Crippen LogP contribution in [0.25, 0.3) is 11.1 Å². The van der Waals surface area contributed by atoms with Crippen molar-refractivity contribution in [3.05, 3.63) is 58.6 Å². The largest absolute Gasteiger partial charge is 0.342 e. The Morgan fingerprint density at radius 3 is 2.46 bits per heavy atom. The Hall–Kier alpha value is -2.33. The van der Waals surface area contributed by atoms with Crippen LogP contribution in [0, 0.1) is 6.92 Å². The van der Waals surface area contributed by atoms with E-state index in [0.717, 1.165) is 16.7 Å². The number of hydrogen-bond donors (Lipinski definition) is 0. The predicted octanol–water partition coefficient (Wildman–Crippen LogP) is 3.23. The van der Waals surface area contributed by atoms with Crippen molar-refractivity contribution in [2.24, 2.45) is 0 Å². The van der Waals surface area contributed by atoms with Crippen molar-refractivity contribution in [1.82, 2.24) is 9.80 Å². The molecule has 1 saturated heterocycles. The van der Waals surface area contributed by atoms with Gasteiger partial charge in [-0.1, -0.05) is 35.4 Å². The highest BCUT2D eigenvalue weighted by Gasteiger charge is 2.25. The lowest BCUT2D eigenvalue weighted by Gasteiger charge is -2.32. The van der Waals surface area contributed by atoms with Crippen molar-refractivity contribution >= 4 is 23.4 Å². The van der Waals surface area contributed by atoms with Crippen LogP contribution in [0.5, 0.6) is 0 Å². The van der Waals surface area contributed by atoms with E-state index in [1.165, 1.54) is 0 Å². The summed E-state index contributed by atoms with van der Waals surface area (Å²) in [4.78, 5) is 27.6. The smallest absolute Gasteiger partial charge is 0.254 e. The number of piperazine rings is 1. The van der Waals surface area contributed by atoms with Crippen LogP contribution in [0.1, 0.15) is 15.9 Å². The minimum Gasteiger partial charge on any atom is -0.342 e. The van der Waals surface area contributed by atoms with Gasteiger partial charge in [0.2, 0.25) is 5.91 Å². The van der Waals surface area contributed by atoms with Gasteiger partial charge in [0.05, 0.1) is 0 Å². The molecule has 1 heterocycles. The number of aryl methyl sites for hydroxylation is 1. The highest BCUT2D eigenvalue weighted by molar-refractivity contribution is 6.33. The van der Waals surface area contributed by atoms with Gasteiger partial charge in [-0.3, -0.25) is 9.59 Å². The van der Waals surface area contributed by atoms with E-state index in [-0.39, 0.29) is 18.4 Å². The fraction of sp³-hybridized carbons (Fsp3) is 0.263. The van der Waals surface area contributed by atoms with Crippen LogP contribution < -0.4 is 0 Å². The molecule has 0 atom stereocenters. The topological polar surface area (TPSA) is 40.6 Å². The van der Waals surface area contributed by atoms with E-state index in [4.69, 9.17) is 11.6 Å². The molecule has 1 aliphatic rings. The van der Waals surface area contributed by atoms with E-state index in [9.17, 15) is 9.59 Å². The molecule has 4 nitrogen and oxygen atoms in total. The average Bonchev–Trinajstić information content (AvgIpc) is 2.59. The number of hydrogen-bond acceptors (Lipinski definition) is 2. The van der Waals surface area contributed by atoms with Gasteiger partial charge in [-0.25, -0.2) is 0 Å². The van der Waals surface area contributed by atoms with Gasteiger partial charge in [-0.2, -0.15) is 0 Å². The Morgan fingerprint density at radius 2 is 1.79 bits per heavy atom. The van der Waals surface area contributed by atoms with Gasteiger partial charge in [0.25, 0.3) is 5.91 Å². The third kappa shape index (κ3) is 3.29. The lowest BCUT2D eigenvalue weighted by atomic mass is 10.0. The fourth-order valence-corrected chi connectivity index (χ4v) is 2.99. The molecule has 0 saturated carbocycles. The van der Waals surface area contributed by atoms with Crippen LogP contribution in [0.2, 0.25) is 5.02 Å². The zero-order valence-corrected chi connectivity index (χ0v) is 14.5. The Labute approximate surface area is 146 Å². The molecule has 1 fully saturated rings. The molecule has 0 unspecified atom stereocenters. The Bertz CT molecular complexity index is 786. The van der Waals surface area contributed by atoms with Gasteiger partial charge >= 0.3 is 0 Å². The maximum absolute atomic E-state index is 12.5. The van der Waals surface area contributed by atoms with Gasteiger partial charge in [0.1, 0.15) is 6.54 Å². The van der Waals surface area contributed by atoms with Gasteiger partial charge in [-0.15, -0.1) is 0 Å². The second kappa shape index (κ2) is 6.65. The molecule has 0 bridgehead atoms. The molecule has 1 aliphatic heterocycles. The van der Waals surface area contributed by atoms with E-state index in [1.807, 2.05) is 37.3 Å². The quantitative estimate of drug-likeness (QED) is 0.840. The van der Waals surface area contributed by atoms with Gasteiger partial charge in [0.15, 0.2) is 0 Å². The predicted molar refractivity (Wildman–Crippen MR) is 95.2 cm³/mol. The third-order valence-corrected chi connectivity index (χ3v) is 4.64. The summed E-state index contributed by atoms with van der Waals surface area (Å²) in [6.07, 6.45) is 0. The van der Waals surface area contributed by atoms with Crippen molar-refractivity contribution in [2.45, 2.75) is 6.92 Å². The first-order chi connectivity index (χ1) is 11.5. The van der Waals surface area contributed by atoms with Gasteiger partial charge in [-0.05, 0) is 36.8 Å². The van der Waals surface area contributed by atoms with Crippen molar-refractivity contribution in [3.63, 3.8) is 0 Å². The molecule has 124 valence electrons. The summed E-state index contributed by atoms with van der Waals surface area (Å²) < 4.78 is 0. The number of nitrogens with zero attached hydrogens (tertiary/aromatic N) is 2. The second-order valence-corrected chi connectivity index (χ2v) is 6.51. The average molecular weight is 343 g/mol. The molecule has 2 aromatic carbocycles. The van der Waals surface area contributed by atoms with Gasteiger partial charge in [0, 0.05) is 36.3 Å². The van der Waals surface area contributed by atoms with Crippen LogP contribution in [0.3, 0.4) is 0 Å². The molecule has 0 N–H and O–H groups in total. The summed E-state index contributed by atoms with van der Waals surface area (Å²) in [5.41, 5.74) is 3.63. The number of rotatable bonds is 2. The molecule has 2 aromatic rings. The summed E-state index contributed by atoms with van der Waals surface area (Å²) in [5.74, 6) is -0.142. The first-order valence-electron chi connectivity index (χ1n) is 7.85. The van der Waals surface area contributed by atoms with Crippen LogP contribution in [-0.4, -0.2) is 48.3 Å². The van der Waals surface area contributed by atoms with E-state index in [0.29, 0.717) is 23.7 Å². The monoisotopic (exact) mass is 342 g/mol. The lowest BCUT2D eigenvalue weighted by Crippen LogP contribution is -2.50.